The first-order valence-corrected chi connectivity index (χ1v) is 4.09. The van der Waals surface area contributed by atoms with Crippen LogP contribution in [0, 0.1) is 12.3 Å². The summed E-state index contributed by atoms with van der Waals surface area (Å²) in [5, 5.41) is 3.42. The Bertz CT molecular complexity index is 130. The lowest BCUT2D eigenvalue weighted by Gasteiger charge is -2.29. The molecule has 1 rings (SSSR count). The zero-order valence-corrected chi connectivity index (χ0v) is 6.56. The fourth-order valence-electron chi connectivity index (χ4n) is 1.14. The fraction of sp³-hybridized carbons (Fsp3) is 0.778. The topological polar surface area (TPSA) is 12.0 Å². The third-order valence-electron chi connectivity index (χ3n) is 2.15. The van der Waals surface area contributed by atoms with Crippen molar-refractivity contribution in [3.05, 3.63) is 0 Å². The van der Waals surface area contributed by atoms with E-state index in [-0.39, 0.29) is 0 Å². The molecule has 0 heterocycles. The molecule has 1 fully saturated rings. The van der Waals surface area contributed by atoms with Crippen LogP contribution in [0.1, 0.15) is 32.6 Å². The van der Waals surface area contributed by atoms with Gasteiger partial charge in [0.15, 0.2) is 0 Å². The summed E-state index contributed by atoms with van der Waals surface area (Å²) in [6.45, 7) is 2.12. The first-order chi connectivity index (χ1) is 4.86. The average Bonchev–Trinajstić information content (AvgIpc) is 1.87. The number of terminal acetylenes is 1. The number of hydrogen-bond donors (Lipinski definition) is 1. The van der Waals surface area contributed by atoms with Crippen LogP contribution in [0.4, 0.5) is 0 Å². The van der Waals surface area contributed by atoms with E-state index in [0.717, 1.165) is 12.5 Å². The van der Waals surface area contributed by atoms with Crippen LogP contribution in [-0.2, 0) is 0 Å². The van der Waals surface area contributed by atoms with Crippen molar-refractivity contribution < 1.29 is 0 Å². The van der Waals surface area contributed by atoms with Crippen molar-refractivity contribution in [1.82, 2.24) is 5.32 Å². The van der Waals surface area contributed by atoms with Gasteiger partial charge in [-0.1, -0.05) is 19.3 Å². The summed E-state index contributed by atoms with van der Waals surface area (Å²) in [7, 11) is 0. The van der Waals surface area contributed by atoms with Crippen LogP contribution in [0.25, 0.3) is 0 Å². The molecule has 0 aromatic carbocycles. The Balaban J connectivity index is 2.15. The molecule has 0 amide bonds. The van der Waals surface area contributed by atoms with Gasteiger partial charge in [0.2, 0.25) is 0 Å². The maximum absolute atomic E-state index is 5.30. The Morgan fingerprint density at radius 3 is 2.70 bits per heavy atom. The molecule has 0 spiro atoms. The first kappa shape index (κ1) is 7.63. The van der Waals surface area contributed by atoms with E-state index in [4.69, 9.17) is 6.42 Å². The smallest absolute Gasteiger partial charge is 0.0686 e. The van der Waals surface area contributed by atoms with E-state index in [1.54, 1.807) is 0 Å². The van der Waals surface area contributed by atoms with E-state index in [2.05, 4.69) is 18.2 Å². The van der Waals surface area contributed by atoms with Crippen LogP contribution >= 0.6 is 0 Å². The minimum atomic E-state index is 0.310. The van der Waals surface area contributed by atoms with Gasteiger partial charge in [0.25, 0.3) is 0 Å². The van der Waals surface area contributed by atoms with Crippen LogP contribution in [-0.4, -0.2) is 12.1 Å². The Morgan fingerprint density at radius 2 is 2.40 bits per heavy atom. The fourth-order valence-corrected chi connectivity index (χ4v) is 1.14. The number of rotatable bonds is 3. The lowest BCUT2D eigenvalue weighted by molar-refractivity contribution is 0.322. The van der Waals surface area contributed by atoms with Crippen LogP contribution in [0.15, 0.2) is 0 Å². The molecule has 1 heteroatoms. The molecule has 1 unspecified atom stereocenters. The molecule has 0 aromatic heterocycles. The summed E-state index contributed by atoms with van der Waals surface area (Å²) in [6.07, 6.45) is 10.4. The molecule has 0 bridgehead atoms. The predicted molar refractivity (Wildman–Crippen MR) is 43.7 cm³/mol. The maximum atomic E-state index is 5.30. The van der Waals surface area contributed by atoms with Gasteiger partial charge in [-0.3, -0.25) is 0 Å². The minimum absolute atomic E-state index is 0.310. The highest BCUT2D eigenvalue weighted by molar-refractivity contribution is 5.00. The quantitative estimate of drug-likeness (QED) is 0.582. The zero-order valence-electron chi connectivity index (χ0n) is 6.56. The summed E-state index contributed by atoms with van der Waals surface area (Å²) in [5.41, 5.74) is 0. The van der Waals surface area contributed by atoms with Gasteiger partial charge in [0.1, 0.15) is 0 Å². The Hall–Kier alpha value is -0.480. The molecule has 0 saturated heterocycles. The van der Waals surface area contributed by atoms with Gasteiger partial charge in [-0.15, -0.1) is 6.42 Å². The maximum Gasteiger partial charge on any atom is 0.0686 e. The van der Waals surface area contributed by atoms with Gasteiger partial charge >= 0.3 is 0 Å². The lowest BCUT2D eigenvalue weighted by Crippen LogP contribution is -2.41. The average molecular weight is 137 g/mol. The highest BCUT2D eigenvalue weighted by Gasteiger charge is 2.18. The normalized spacial score (nSPS) is 21.2. The summed E-state index contributed by atoms with van der Waals surface area (Å²) in [4.78, 5) is 0. The molecule has 0 radical (unpaired) electrons. The molecule has 1 aliphatic carbocycles. The third-order valence-corrected chi connectivity index (χ3v) is 2.15. The summed E-state index contributed by atoms with van der Waals surface area (Å²) in [6, 6.07) is 1.03. The second-order valence-corrected chi connectivity index (χ2v) is 2.92. The van der Waals surface area contributed by atoms with Gasteiger partial charge < -0.3 is 5.32 Å². The second kappa shape index (κ2) is 3.63. The number of hydrogen-bond acceptors (Lipinski definition) is 1. The van der Waals surface area contributed by atoms with E-state index in [1.807, 2.05) is 0 Å². The second-order valence-electron chi connectivity index (χ2n) is 2.92. The Morgan fingerprint density at radius 1 is 1.70 bits per heavy atom. The van der Waals surface area contributed by atoms with Gasteiger partial charge in [-0.05, 0) is 19.3 Å². The Kier molecular flexibility index (Phi) is 2.77. The van der Waals surface area contributed by atoms with Gasteiger partial charge in [0.05, 0.1) is 6.04 Å². The third kappa shape index (κ3) is 1.75. The monoisotopic (exact) mass is 137 g/mol. The first-order valence-electron chi connectivity index (χ1n) is 4.09. The van der Waals surface area contributed by atoms with Crippen molar-refractivity contribution in [2.75, 3.05) is 0 Å². The summed E-state index contributed by atoms with van der Waals surface area (Å²) >= 11 is 0. The summed E-state index contributed by atoms with van der Waals surface area (Å²) < 4.78 is 0. The van der Waals surface area contributed by atoms with Crippen molar-refractivity contribution in [3.8, 4) is 12.3 Å². The molecule has 1 aliphatic rings. The molecule has 10 heavy (non-hydrogen) atoms. The van der Waals surface area contributed by atoms with Crippen LogP contribution in [0.5, 0.6) is 0 Å². The molecule has 0 aromatic rings. The van der Waals surface area contributed by atoms with E-state index in [1.165, 1.54) is 19.3 Å². The van der Waals surface area contributed by atoms with Gasteiger partial charge in [-0.2, -0.15) is 0 Å². The summed E-state index contributed by atoms with van der Waals surface area (Å²) in [5.74, 6) is 2.74. The standard InChI is InChI=1S/C9H15N/c1-3-8(4-2)10-9-6-5-7-9/h1,8-10H,4-7H2,2H3. The molecular formula is C9H15N. The number of nitrogens with one attached hydrogen (secondary N) is 1. The SMILES string of the molecule is C#CC(CC)NC1CCC1. The highest BCUT2D eigenvalue weighted by Crippen LogP contribution is 2.18. The van der Waals surface area contributed by atoms with Crippen molar-refractivity contribution in [2.45, 2.75) is 44.7 Å². The zero-order chi connectivity index (χ0) is 7.40. The molecule has 1 atom stereocenters. The van der Waals surface area contributed by atoms with Crippen molar-refractivity contribution in [2.24, 2.45) is 0 Å². The minimum Gasteiger partial charge on any atom is -0.301 e. The van der Waals surface area contributed by atoms with Crippen LogP contribution < -0.4 is 5.32 Å². The largest absolute Gasteiger partial charge is 0.301 e. The van der Waals surface area contributed by atoms with Gasteiger partial charge in [0, 0.05) is 6.04 Å². The van der Waals surface area contributed by atoms with Crippen molar-refractivity contribution in [1.29, 1.82) is 0 Å². The predicted octanol–water partition coefficient (Wildman–Crippen LogP) is 1.54. The van der Waals surface area contributed by atoms with Crippen molar-refractivity contribution >= 4 is 0 Å². The molecule has 1 saturated carbocycles. The molecule has 56 valence electrons. The van der Waals surface area contributed by atoms with Crippen LogP contribution in [0.3, 0.4) is 0 Å². The van der Waals surface area contributed by atoms with E-state index >= 15 is 0 Å². The van der Waals surface area contributed by atoms with E-state index in [9.17, 15) is 0 Å². The van der Waals surface area contributed by atoms with E-state index in [0.29, 0.717) is 6.04 Å². The van der Waals surface area contributed by atoms with E-state index < -0.39 is 0 Å². The molecular weight excluding hydrogens is 122 g/mol. The van der Waals surface area contributed by atoms with Gasteiger partial charge in [-0.25, -0.2) is 0 Å². The molecule has 0 aliphatic heterocycles. The molecule has 1 N–H and O–H groups in total. The lowest BCUT2D eigenvalue weighted by atomic mass is 9.92. The van der Waals surface area contributed by atoms with Crippen molar-refractivity contribution in [3.63, 3.8) is 0 Å². The highest BCUT2D eigenvalue weighted by atomic mass is 15.0. The molecule has 1 nitrogen and oxygen atoms in total. The van der Waals surface area contributed by atoms with Crippen LogP contribution in [0.2, 0.25) is 0 Å². The Labute approximate surface area is 63.2 Å².